The smallest absolute Gasteiger partial charge is 0.407 e. The summed E-state index contributed by atoms with van der Waals surface area (Å²) in [6.45, 7) is 5.91. The molecule has 3 N–H and O–H groups in total. The number of nitrogens with zero attached hydrogens (tertiary/aromatic N) is 3. The van der Waals surface area contributed by atoms with Crippen molar-refractivity contribution in [1.29, 1.82) is 0 Å². The number of nitrogens with one attached hydrogen (secondary N) is 3. The molecule has 0 radical (unpaired) electrons. The molecule has 0 aliphatic rings. The number of carbonyl (C=O) groups excluding carboxylic acids is 1. The quantitative estimate of drug-likeness (QED) is 0.392. The van der Waals surface area contributed by atoms with E-state index in [1.165, 1.54) is 12.4 Å². The summed E-state index contributed by atoms with van der Waals surface area (Å²) in [7, 11) is 0. The molecule has 0 bridgehead atoms. The number of alkyl halides is 2. The van der Waals surface area contributed by atoms with Gasteiger partial charge >= 0.3 is 12.6 Å². The fourth-order valence-electron chi connectivity index (χ4n) is 1.80. The van der Waals surface area contributed by atoms with Crippen LogP contribution in [0.15, 0.2) is 17.4 Å². The van der Waals surface area contributed by atoms with E-state index in [2.05, 4.69) is 25.9 Å². The molecule has 8 nitrogen and oxygen atoms in total. The summed E-state index contributed by atoms with van der Waals surface area (Å²) >= 11 is 0. The van der Waals surface area contributed by atoms with Crippen molar-refractivity contribution in [2.75, 3.05) is 19.6 Å². The van der Waals surface area contributed by atoms with Crippen LogP contribution in [0, 0.1) is 0 Å². The number of hydrogen-bond donors (Lipinski definition) is 3. The highest BCUT2D eigenvalue weighted by molar-refractivity contribution is 5.79. The maximum absolute atomic E-state index is 12.8. The van der Waals surface area contributed by atoms with Gasteiger partial charge in [-0.05, 0) is 27.7 Å². The van der Waals surface area contributed by atoms with E-state index < -0.39 is 18.2 Å². The standard InChI is InChI=1S/C15H26F2N6O2/c1-5-18-13(20-6-7-21-14(24)25-15(2,3)4)22-10-11-19-8-9-23(11)12(16)17/h8-9,12H,5-7,10H2,1-4H3,(H,21,24)(H2,18,20,22). The first kappa shape index (κ1) is 20.7. The molecule has 0 fully saturated rings. The van der Waals surface area contributed by atoms with Crippen molar-refractivity contribution in [3.8, 4) is 0 Å². The van der Waals surface area contributed by atoms with Gasteiger partial charge in [0.15, 0.2) is 5.96 Å². The Balaban J connectivity index is 2.46. The van der Waals surface area contributed by atoms with Crippen LogP contribution in [0.25, 0.3) is 0 Å². The number of imidazole rings is 1. The average Bonchev–Trinajstić information content (AvgIpc) is 2.96. The molecule has 1 aromatic heterocycles. The van der Waals surface area contributed by atoms with Gasteiger partial charge in [-0.15, -0.1) is 0 Å². The highest BCUT2D eigenvalue weighted by Crippen LogP contribution is 2.12. The minimum atomic E-state index is -2.65. The van der Waals surface area contributed by atoms with Gasteiger partial charge in [-0.25, -0.2) is 14.8 Å². The molecular weight excluding hydrogens is 334 g/mol. The van der Waals surface area contributed by atoms with E-state index >= 15 is 0 Å². The van der Waals surface area contributed by atoms with Crippen LogP contribution in [-0.4, -0.2) is 46.8 Å². The number of carbonyl (C=O) groups is 1. The Morgan fingerprint density at radius 1 is 1.32 bits per heavy atom. The second-order valence-electron chi connectivity index (χ2n) is 6.08. The Morgan fingerprint density at radius 2 is 2.00 bits per heavy atom. The lowest BCUT2D eigenvalue weighted by Crippen LogP contribution is -2.42. The molecular formula is C15H26F2N6O2. The first-order valence-corrected chi connectivity index (χ1v) is 8.02. The van der Waals surface area contributed by atoms with E-state index in [4.69, 9.17) is 4.74 Å². The monoisotopic (exact) mass is 360 g/mol. The molecule has 25 heavy (non-hydrogen) atoms. The first-order valence-electron chi connectivity index (χ1n) is 8.02. The molecule has 1 rings (SSSR count). The lowest BCUT2D eigenvalue weighted by atomic mass is 10.2. The van der Waals surface area contributed by atoms with Crippen molar-refractivity contribution in [3.05, 3.63) is 18.2 Å². The van der Waals surface area contributed by atoms with Gasteiger partial charge in [-0.2, -0.15) is 8.78 Å². The molecule has 10 heteroatoms. The Morgan fingerprint density at radius 3 is 2.60 bits per heavy atom. The topological polar surface area (TPSA) is 92.6 Å². The SMILES string of the molecule is CCNC(=NCc1nccn1C(F)F)NCCNC(=O)OC(C)(C)C. The lowest BCUT2D eigenvalue weighted by molar-refractivity contribution is 0.0528. The molecule has 0 unspecified atom stereocenters. The zero-order chi connectivity index (χ0) is 18.9. The Labute approximate surface area is 146 Å². The van der Waals surface area contributed by atoms with Crippen LogP contribution in [0.4, 0.5) is 13.6 Å². The molecule has 0 aliphatic carbocycles. The summed E-state index contributed by atoms with van der Waals surface area (Å²) in [5.74, 6) is 0.608. The molecule has 0 spiro atoms. The van der Waals surface area contributed by atoms with E-state index in [1.54, 1.807) is 20.8 Å². The van der Waals surface area contributed by atoms with Crippen LogP contribution < -0.4 is 16.0 Å². The van der Waals surface area contributed by atoms with Gasteiger partial charge in [0, 0.05) is 32.0 Å². The summed E-state index contributed by atoms with van der Waals surface area (Å²) in [6, 6.07) is 0. The lowest BCUT2D eigenvalue weighted by Gasteiger charge is -2.19. The maximum Gasteiger partial charge on any atom is 0.407 e. The van der Waals surface area contributed by atoms with Gasteiger partial charge in [0.2, 0.25) is 0 Å². The summed E-state index contributed by atoms with van der Waals surface area (Å²) in [5, 5.41) is 8.59. The van der Waals surface area contributed by atoms with E-state index in [0.29, 0.717) is 25.6 Å². The first-order chi connectivity index (χ1) is 11.7. The van der Waals surface area contributed by atoms with Crippen molar-refractivity contribution in [2.45, 2.75) is 46.4 Å². The maximum atomic E-state index is 12.8. The fraction of sp³-hybridized carbons (Fsp3) is 0.667. The molecule has 0 aromatic carbocycles. The van der Waals surface area contributed by atoms with Gasteiger partial charge in [0.05, 0.1) is 0 Å². The van der Waals surface area contributed by atoms with Gasteiger partial charge < -0.3 is 20.7 Å². The van der Waals surface area contributed by atoms with Crippen molar-refractivity contribution in [2.24, 2.45) is 4.99 Å². The number of aromatic nitrogens is 2. The largest absolute Gasteiger partial charge is 0.444 e. The molecule has 1 heterocycles. The zero-order valence-corrected chi connectivity index (χ0v) is 15.0. The predicted molar refractivity (Wildman–Crippen MR) is 90.5 cm³/mol. The van der Waals surface area contributed by atoms with Crippen LogP contribution in [0.5, 0.6) is 0 Å². The third kappa shape index (κ3) is 8.32. The number of amides is 1. The number of hydrogen-bond acceptors (Lipinski definition) is 4. The second kappa shape index (κ2) is 9.80. The molecule has 0 saturated carbocycles. The molecule has 1 amide bonds. The summed E-state index contributed by atoms with van der Waals surface area (Å²) in [5.41, 5.74) is -0.555. The summed E-state index contributed by atoms with van der Waals surface area (Å²) < 4.78 is 31.4. The Hall–Kier alpha value is -2.39. The van der Waals surface area contributed by atoms with Crippen molar-refractivity contribution >= 4 is 12.1 Å². The fourth-order valence-corrected chi connectivity index (χ4v) is 1.80. The van der Waals surface area contributed by atoms with E-state index in [9.17, 15) is 13.6 Å². The highest BCUT2D eigenvalue weighted by atomic mass is 19.3. The molecule has 0 aliphatic heterocycles. The van der Waals surface area contributed by atoms with Crippen molar-refractivity contribution in [1.82, 2.24) is 25.5 Å². The number of alkyl carbamates (subject to hydrolysis) is 1. The third-order valence-corrected chi connectivity index (χ3v) is 2.77. The van der Waals surface area contributed by atoms with Crippen molar-refractivity contribution in [3.63, 3.8) is 0 Å². The number of rotatable bonds is 7. The Kier molecular flexibility index (Phi) is 8.09. The van der Waals surface area contributed by atoms with E-state index in [-0.39, 0.29) is 12.4 Å². The number of halogens is 2. The average molecular weight is 360 g/mol. The second-order valence-corrected chi connectivity index (χ2v) is 6.08. The van der Waals surface area contributed by atoms with Crippen LogP contribution in [0.2, 0.25) is 0 Å². The molecule has 0 saturated heterocycles. The van der Waals surface area contributed by atoms with Crippen molar-refractivity contribution < 1.29 is 18.3 Å². The minimum absolute atomic E-state index is 0.00612. The van der Waals surface area contributed by atoms with E-state index in [0.717, 1.165) is 4.57 Å². The minimum Gasteiger partial charge on any atom is -0.444 e. The molecule has 1 aromatic rings. The van der Waals surface area contributed by atoms with Crippen LogP contribution >= 0.6 is 0 Å². The van der Waals surface area contributed by atoms with Crippen LogP contribution in [0.1, 0.15) is 40.1 Å². The molecule has 0 atom stereocenters. The number of guanidine groups is 1. The normalized spacial score (nSPS) is 12.2. The Bertz CT molecular complexity index is 569. The van der Waals surface area contributed by atoms with Gasteiger partial charge in [-0.1, -0.05) is 0 Å². The third-order valence-electron chi connectivity index (χ3n) is 2.77. The predicted octanol–water partition coefficient (Wildman–Crippen LogP) is 1.86. The van der Waals surface area contributed by atoms with Gasteiger partial charge in [0.25, 0.3) is 0 Å². The van der Waals surface area contributed by atoms with Crippen LogP contribution in [0.3, 0.4) is 0 Å². The number of ether oxygens (including phenoxy) is 1. The highest BCUT2D eigenvalue weighted by Gasteiger charge is 2.15. The van der Waals surface area contributed by atoms with Crippen LogP contribution in [-0.2, 0) is 11.3 Å². The zero-order valence-electron chi connectivity index (χ0n) is 15.0. The van der Waals surface area contributed by atoms with Gasteiger partial charge in [0.1, 0.15) is 18.0 Å². The summed E-state index contributed by atoms with van der Waals surface area (Å²) in [4.78, 5) is 19.6. The summed E-state index contributed by atoms with van der Waals surface area (Å²) in [6.07, 6.45) is 2.01. The van der Waals surface area contributed by atoms with Gasteiger partial charge in [-0.3, -0.25) is 4.57 Å². The van der Waals surface area contributed by atoms with E-state index in [1.807, 2.05) is 6.92 Å². The molecule has 142 valence electrons. The number of aliphatic imine (C=N–C) groups is 1.